The zero-order valence-electron chi connectivity index (χ0n) is 10.6. The first-order valence-electron chi connectivity index (χ1n) is 5.54. The highest BCUT2D eigenvalue weighted by molar-refractivity contribution is 5.84. The van der Waals surface area contributed by atoms with Crippen LogP contribution in [0.15, 0.2) is 0 Å². The van der Waals surface area contributed by atoms with E-state index in [-0.39, 0.29) is 24.8 Å². The normalized spacial score (nSPS) is 12.1. The number of amides is 2. The molecule has 0 saturated heterocycles. The Morgan fingerprint density at radius 3 is 2.19 bits per heavy atom. The van der Waals surface area contributed by atoms with Crippen LogP contribution in [0.3, 0.4) is 0 Å². The van der Waals surface area contributed by atoms with Crippen molar-refractivity contribution in [1.82, 2.24) is 9.80 Å². The average molecular weight is 230 g/mol. The highest BCUT2D eigenvalue weighted by Crippen LogP contribution is 2.01. The summed E-state index contributed by atoms with van der Waals surface area (Å²) in [6.07, 6.45) is 0.241. The number of carbonyl (C=O) groups is 2. The fourth-order valence-corrected chi connectivity index (χ4v) is 1.17. The lowest BCUT2D eigenvalue weighted by molar-refractivity contribution is -0.139. The van der Waals surface area contributed by atoms with Gasteiger partial charge in [-0.2, -0.15) is 0 Å². The first-order chi connectivity index (χ1) is 7.38. The molecule has 0 saturated carbocycles. The van der Waals surface area contributed by atoms with Crippen LogP contribution in [0.1, 0.15) is 26.7 Å². The minimum atomic E-state index is -0.479. The zero-order valence-corrected chi connectivity index (χ0v) is 10.6. The van der Waals surface area contributed by atoms with E-state index in [9.17, 15) is 9.59 Å². The second-order valence-corrected chi connectivity index (χ2v) is 4.08. The maximum absolute atomic E-state index is 11.7. The van der Waals surface area contributed by atoms with Crippen molar-refractivity contribution in [3.63, 3.8) is 0 Å². The Bertz CT molecular complexity index is 239. The molecule has 0 aliphatic carbocycles. The molecule has 2 amide bonds. The second kappa shape index (κ2) is 7.22. The van der Waals surface area contributed by atoms with E-state index in [1.54, 1.807) is 21.0 Å². The van der Waals surface area contributed by atoms with Crippen LogP contribution < -0.4 is 0 Å². The van der Waals surface area contributed by atoms with E-state index in [1.165, 1.54) is 9.80 Å². The van der Waals surface area contributed by atoms with E-state index in [2.05, 4.69) is 0 Å². The molecule has 1 atom stereocenters. The summed E-state index contributed by atoms with van der Waals surface area (Å²) >= 11 is 0. The van der Waals surface area contributed by atoms with Crippen LogP contribution in [0.2, 0.25) is 0 Å². The van der Waals surface area contributed by atoms with Crippen molar-refractivity contribution >= 4 is 11.8 Å². The predicted octanol–water partition coefficient (Wildman–Crippen LogP) is 0.0841. The number of aliphatic hydroxyl groups is 1. The highest BCUT2D eigenvalue weighted by atomic mass is 16.3. The Morgan fingerprint density at radius 1 is 1.25 bits per heavy atom. The molecule has 5 nitrogen and oxygen atoms in total. The van der Waals surface area contributed by atoms with Crippen LogP contribution in [0.4, 0.5) is 0 Å². The van der Waals surface area contributed by atoms with Crippen LogP contribution in [-0.4, -0.2) is 60.0 Å². The molecule has 0 bridgehead atoms. The summed E-state index contributed by atoms with van der Waals surface area (Å²) < 4.78 is 0. The van der Waals surface area contributed by atoms with Gasteiger partial charge in [0.25, 0.3) is 0 Å². The molecule has 0 spiro atoms. The monoisotopic (exact) mass is 230 g/mol. The number of nitrogens with zero attached hydrogens (tertiary/aromatic N) is 2. The van der Waals surface area contributed by atoms with Gasteiger partial charge in [0.1, 0.15) is 0 Å². The van der Waals surface area contributed by atoms with E-state index in [4.69, 9.17) is 5.11 Å². The Labute approximate surface area is 97.0 Å². The Morgan fingerprint density at radius 2 is 1.81 bits per heavy atom. The van der Waals surface area contributed by atoms with Crippen LogP contribution in [0.25, 0.3) is 0 Å². The third-order valence-electron chi connectivity index (χ3n) is 2.34. The van der Waals surface area contributed by atoms with Crippen LogP contribution in [0, 0.1) is 0 Å². The number of carbonyl (C=O) groups excluding carboxylic acids is 2. The average Bonchev–Trinajstić information content (AvgIpc) is 2.21. The van der Waals surface area contributed by atoms with Gasteiger partial charge in [-0.25, -0.2) is 0 Å². The fourth-order valence-electron chi connectivity index (χ4n) is 1.17. The Balaban J connectivity index is 4.17. The quantitative estimate of drug-likeness (QED) is 0.703. The topological polar surface area (TPSA) is 60.9 Å². The minimum absolute atomic E-state index is 0.0846. The second-order valence-electron chi connectivity index (χ2n) is 4.08. The molecule has 16 heavy (non-hydrogen) atoms. The largest absolute Gasteiger partial charge is 0.393 e. The van der Waals surface area contributed by atoms with Crippen molar-refractivity contribution < 1.29 is 14.7 Å². The van der Waals surface area contributed by atoms with Gasteiger partial charge >= 0.3 is 0 Å². The summed E-state index contributed by atoms with van der Waals surface area (Å²) in [6, 6.07) is 0. The molecule has 0 aromatic carbocycles. The van der Waals surface area contributed by atoms with Crippen LogP contribution >= 0.6 is 0 Å². The van der Waals surface area contributed by atoms with Crippen LogP contribution in [-0.2, 0) is 9.59 Å². The third-order valence-corrected chi connectivity index (χ3v) is 2.34. The van der Waals surface area contributed by atoms with Gasteiger partial charge in [0.2, 0.25) is 11.8 Å². The summed E-state index contributed by atoms with van der Waals surface area (Å²) in [4.78, 5) is 26.1. The molecule has 0 aromatic heterocycles. The lowest BCUT2D eigenvalue weighted by Crippen LogP contribution is -2.40. The molecule has 0 rings (SSSR count). The first-order valence-corrected chi connectivity index (χ1v) is 5.54. The Kier molecular flexibility index (Phi) is 6.72. The first kappa shape index (κ1) is 14.9. The van der Waals surface area contributed by atoms with Crippen molar-refractivity contribution in [2.24, 2.45) is 0 Å². The standard InChI is InChI=1S/C11H22N2O3/c1-5-13(8-11(16)12(3)4)10(15)7-6-9(2)14/h9,14H,5-8H2,1-4H3. The van der Waals surface area contributed by atoms with Crippen LogP contribution in [0.5, 0.6) is 0 Å². The van der Waals surface area contributed by atoms with Gasteiger partial charge in [-0.15, -0.1) is 0 Å². The smallest absolute Gasteiger partial charge is 0.241 e. The maximum Gasteiger partial charge on any atom is 0.241 e. The molecular formula is C11H22N2O3. The zero-order chi connectivity index (χ0) is 12.7. The number of hydrogen-bond donors (Lipinski definition) is 1. The van der Waals surface area contributed by atoms with E-state index in [1.807, 2.05) is 6.92 Å². The summed E-state index contributed by atoms with van der Waals surface area (Å²) in [7, 11) is 3.33. The summed E-state index contributed by atoms with van der Waals surface area (Å²) in [5.41, 5.74) is 0. The molecule has 0 aliphatic rings. The maximum atomic E-state index is 11.7. The number of likely N-dealkylation sites (N-methyl/N-ethyl adjacent to an activating group) is 2. The van der Waals surface area contributed by atoms with Gasteiger partial charge < -0.3 is 14.9 Å². The van der Waals surface area contributed by atoms with Gasteiger partial charge in [0, 0.05) is 27.1 Å². The van der Waals surface area contributed by atoms with Gasteiger partial charge in [0.05, 0.1) is 12.6 Å². The number of rotatable bonds is 6. The van der Waals surface area contributed by atoms with E-state index in [0.29, 0.717) is 13.0 Å². The fraction of sp³-hybridized carbons (Fsp3) is 0.818. The molecule has 0 aliphatic heterocycles. The lowest BCUT2D eigenvalue weighted by atomic mass is 10.2. The molecule has 1 N–H and O–H groups in total. The van der Waals surface area contributed by atoms with Gasteiger partial charge in [-0.3, -0.25) is 9.59 Å². The van der Waals surface area contributed by atoms with E-state index in [0.717, 1.165) is 0 Å². The highest BCUT2D eigenvalue weighted by Gasteiger charge is 2.16. The Hall–Kier alpha value is -1.10. The van der Waals surface area contributed by atoms with Gasteiger partial charge in [0.15, 0.2) is 0 Å². The van der Waals surface area contributed by atoms with Gasteiger partial charge in [-0.05, 0) is 20.3 Å². The molecule has 0 aromatic rings. The van der Waals surface area contributed by atoms with Crippen molar-refractivity contribution in [2.45, 2.75) is 32.8 Å². The molecule has 0 fully saturated rings. The summed E-state index contributed by atoms with van der Waals surface area (Å²) in [5.74, 6) is -0.175. The molecule has 5 heteroatoms. The predicted molar refractivity (Wildman–Crippen MR) is 61.9 cm³/mol. The van der Waals surface area contributed by atoms with Crippen molar-refractivity contribution in [3.05, 3.63) is 0 Å². The molecule has 1 unspecified atom stereocenters. The summed E-state index contributed by atoms with van der Waals surface area (Å²) in [6.45, 7) is 4.11. The minimum Gasteiger partial charge on any atom is -0.393 e. The molecule has 0 radical (unpaired) electrons. The molecule has 0 heterocycles. The number of aliphatic hydroxyl groups excluding tert-OH is 1. The van der Waals surface area contributed by atoms with Crippen molar-refractivity contribution in [2.75, 3.05) is 27.2 Å². The van der Waals surface area contributed by atoms with Crippen molar-refractivity contribution in [3.8, 4) is 0 Å². The lowest BCUT2D eigenvalue weighted by Gasteiger charge is -2.22. The van der Waals surface area contributed by atoms with Crippen molar-refractivity contribution in [1.29, 1.82) is 0 Å². The van der Waals surface area contributed by atoms with Gasteiger partial charge in [-0.1, -0.05) is 0 Å². The molecular weight excluding hydrogens is 208 g/mol. The number of hydrogen-bond acceptors (Lipinski definition) is 3. The summed E-state index contributed by atoms with van der Waals surface area (Å²) in [5, 5.41) is 9.08. The third kappa shape index (κ3) is 5.70. The SMILES string of the molecule is CCN(CC(=O)N(C)C)C(=O)CCC(C)O. The van der Waals surface area contributed by atoms with E-state index < -0.39 is 6.10 Å². The molecule has 94 valence electrons. The van der Waals surface area contributed by atoms with E-state index >= 15 is 0 Å².